The molecule has 0 aliphatic heterocycles. The average Bonchev–Trinajstić information content (AvgIpc) is 3.05. The zero-order valence-electron chi connectivity index (χ0n) is 13.2. The maximum absolute atomic E-state index is 12.2. The van der Waals surface area contributed by atoms with Crippen molar-refractivity contribution in [3.8, 4) is 0 Å². The lowest BCUT2D eigenvalue weighted by molar-refractivity contribution is 0.0928. The van der Waals surface area contributed by atoms with Crippen LogP contribution in [0.25, 0.3) is 11.0 Å². The highest BCUT2D eigenvalue weighted by Gasteiger charge is 2.15. The van der Waals surface area contributed by atoms with Crippen molar-refractivity contribution in [2.45, 2.75) is 11.3 Å². The molecule has 1 aromatic heterocycles. The smallest absolute Gasteiger partial charge is 0.287 e. The number of rotatable bonds is 6. The summed E-state index contributed by atoms with van der Waals surface area (Å²) in [6.07, 6.45) is 0.326. The van der Waals surface area contributed by atoms with Gasteiger partial charge in [0.15, 0.2) is 15.6 Å². The SMILES string of the molecule is O=C(NCCCS(=O)(=O)c1ccccc1)c1cc2cccc(Br)c2o1. The van der Waals surface area contributed by atoms with Crippen LogP contribution in [0.3, 0.4) is 0 Å². The first-order chi connectivity index (χ1) is 12.0. The summed E-state index contributed by atoms with van der Waals surface area (Å²) in [6.45, 7) is 0.253. The third-order valence-electron chi connectivity index (χ3n) is 3.70. The minimum atomic E-state index is -3.33. The number of carbonyl (C=O) groups is 1. The van der Waals surface area contributed by atoms with Crippen molar-refractivity contribution in [2.75, 3.05) is 12.3 Å². The van der Waals surface area contributed by atoms with Gasteiger partial charge in [-0.2, -0.15) is 0 Å². The molecule has 1 amide bonds. The maximum Gasteiger partial charge on any atom is 0.287 e. The summed E-state index contributed by atoms with van der Waals surface area (Å²) in [5.74, 6) is -0.184. The first-order valence-electron chi connectivity index (χ1n) is 7.71. The lowest BCUT2D eigenvalue weighted by Crippen LogP contribution is -2.25. The van der Waals surface area contributed by atoms with Crippen molar-refractivity contribution in [1.29, 1.82) is 0 Å². The van der Waals surface area contributed by atoms with Crippen LogP contribution in [0.5, 0.6) is 0 Å². The Morgan fingerprint density at radius 1 is 1.08 bits per heavy atom. The van der Waals surface area contributed by atoms with E-state index in [1.165, 1.54) is 0 Å². The summed E-state index contributed by atoms with van der Waals surface area (Å²) in [4.78, 5) is 12.4. The van der Waals surface area contributed by atoms with Crippen LogP contribution in [-0.4, -0.2) is 26.6 Å². The molecule has 0 radical (unpaired) electrons. The van der Waals surface area contributed by atoms with Gasteiger partial charge in [-0.05, 0) is 46.6 Å². The van der Waals surface area contributed by atoms with Crippen LogP contribution >= 0.6 is 15.9 Å². The summed E-state index contributed by atoms with van der Waals surface area (Å²) in [6, 6.07) is 15.5. The van der Waals surface area contributed by atoms with E-state index in [9.17, 15) is 13.2 Å². The third kappa shape index (κ3) is 4.11. The van der Waals surface area contributed by atoms with Gasteiger partial charge in [-0.25, -0.2) is 8.42 Å². The molecule has 25 heavy (non-hydrogen) atoms. The number of sulfone groups is 1. The lowest BCUT2D eigenvalue weighted by Gasteiger charge is -2.05. The van der Waals surface area contributed by atoms with Crippen molar-refractivity contribution < 1.29 is 17.6 Å². The second kappa shape index (κ2) is 7.41. The maximum atomic E-state index is 12.2. The predicted octanol–water partition coefficient (Wildman–Crippen LogP) is 3.79. The number of hydrogen-bond donors (Lipinski definition) is 1. The first-order valence-corrected chi connectivity index (χ1v) is 10.2. The van der Waals surface area contributed by atoms with Crippen molar-refractivity contribution in [3.05, 3.63) is 64.8 Å². The second-order valence-corrected chi connectivity index (χ2v) is 8.47. The molecule has 1 heterocycles. The molecule has 0 saturated heterocycles. The number of carbonyl (C=O) groups excluding carboxylic acids is 1. The van der Waals surface area contributed by atoms with E-state index in [4.69, 9.17) is 4.42 Å². The van der Waals surface area contributed by atoms with Gasteiger partial charge >= 0.3 is 0 Å². The van der Waals surface area contributed by atoms with E-state index >= 15 is 0 Å². The minimum absolute atomic E-state index is 0.0248. The molecule has 0 atom stereocenters. The predicted molar refractivity (Wildman–Crippen MR) is 99.4 cm³/mol. The van der Waals surface area contributed by atoms with Crippen LogP contribution in [-0.2, 0) is 9.84 Å². The molecule has 1 N–H and O–H groups in total. The molecule has 0 bridgehead atoms. The van der Waals surface area contributed by atoms with Gasteiger partial charge in [-0.15, -0.1) is 0 Å². The van der Waals surface area contributed by atoms with Crippen LogP contribution in [0.1, 0.15) is 17.0 Å². The summed E-state index contributed by atoms with van der Waals surface area (Å²) in [5, 5.41) is 3.52. The highest BCUT2D eigenvalue weighted by Crippen LogP contribution is 2.26. The number of hydrogen-bond acceptors (Lipinski definition) is 4. The highest BCUT2D eigenvalue weighted by atomic mass is 79.9. The van der Waals surface area contributed by atoms with E-state index in [1.54, 1.807) is 36.4 Å². The number of benzene rings is 2. The molecule has 7 heteroatoms. The van der Waals surface area contributed by atoms with Crippen LogP contribution < -0.4 is 5.32 Å². The van der Waals surface area contributed by atoms with E-state index in [2.05, 4.69) is 21.2 Å². The van der Waals surface area contributed by atoms with E-state index < -0.39 is 9.84 Å². The molecule has 0 unspecified atom stereocenters. The topological polar surface area (TPSA) is 76.4 Å². The molecular formula is C18H16BrNO4S. The van der Waals surface area contributed by atoms with Crippen molar-refractivity contribution in [1.82, 2.24) is 5.32 Å². The largest absolute Gasteiger partial charge is 0.450 e. The Kier molecular flexibility index (Phi) is 5.24. The molecule has 2 aromatic carbocycles. The van der Waals surface area contributed by atoms with Gasteiger partial charge in [0, 0.05) is 11.9 Å². The van der Waals surface area contributed by atoms with Crippen LogP contribution in [0.4, 0.5) is 0 Å². The Morgan fingerprint density at radius 3 is 2.56 bits per heavy atom. The number of halogens is 1. The summed E-state index contributed by atoms with van der Waals surface area (Å²) >= 11 is 3.38. The first kappa shape index (κ1) is 17.7. The van der Waals surface area contributed by atoms with Gasteiger partial charge in [0.2, 0.25) is 0 Å². The summed E-state index contributed by atoms with van der Waals surface area (Å²) < 4.78 is 30.7. The van der Waals surface area contributed by atoms with E-state index in [0.717, 1.165) is 9.86 Å². The Labute approximate surface area is 154 Å². The van der Waals surface area contributed by atoms with Crippen LogP contribution in [0.2, 0.25) is 0 Å². The van der Waals surface area contributed by atoms with Gasteiger partial charge in [0.1, 0.15) is 5.58 Å². The summed E-state index contributed by atoms with van der Waals surface area (Å²) in [5.41, 5.74) is 0.610. The highest BCUT2D eigenvalue weighted by molar-refractivity contribution is 9.10. The van der Waals surface area contributed by atoms with E-state index in [0.29, 0.717) is 16.9 Å². The van der Waals surface area contributed by atoms with Gasteiger partial charge in [-0.3, -0.25) is 4.79 Å². The second-order valence-electron chi connectivity index (χ2n) is 5.51. The Hall–Kier alpha value is -2.12. The van der Waals surface area contributed by atoms with Crippen molar-refractivity contribution in [3.63, 3.8) is 0 Å². The van der Waals surface area contributed by atoms with Crippen LogP contribution in [0, 0.1) is 0 Å². The summed E-state index contributed by atoms with van der Waals surface area (Å²) in [7, 11) is -3.33. The van der Waals surface area contributed by atoms with E-state index in [1.807, 2.05) is 18.2 Å². The minimum Gasteiger partial charge on any atom is -0.450 e. The molecule has 3 rings (SSSR count). The molecule has 0 fully saturated rings. The number of fused-ring (bicyclic) bond motifs is 1. The Bertz CT molecular complexity index is 996. The normalized spacial score (nSPS) is 11.6. The fourth-order valence-corrected chi connectivity index (χ4v) is 4.23. The zero-order chi connectivity index (χ0) is 17.9. The molecule has 3 aromatic rings. The monoisotopic (exact) mass is 421 g/mol. The van der Waals surface area contributed by atoms with E-state index in [-0.39, 0.29) is 24.0 Å². The van der Waals surface area contributed by atoms with Gasteiger partial charge < -0.3 is 9.73 Å². The number of para-hydroxylation sites is 1. The third-order valence-corrected chi connectivity index (χ3v) is 6.14. The molecule has 0 spiro atoms. The van der Waals surface area contributed by atoms with Crippen LogP contribution in [0.15, 0.2) is 68.4 Å². The number of amides is 1. The standard InChI is InChI=1S/C18H16BrNO4S/c19-15-9-4-6-13-12-16(24-17(13)15)18(21)20-10-5-11-25(22,23)14-7-2-1-3-8-14/h1-4,6-9,12H,5,10-11H2,(H,20,21). The molecule has 5 nitrogen and oxygen atoms in total. The van der Waals surface area contributed by atoms with Crippen molar-refractivity contribution in [2.24, 2.45) is 0 Å². The average molecular weight is 422 g/mol. The van der Waals surface area contributed by atoms with Gasteiger partial charge in [0.05, 0.1) is 15.1 Å². The zero-order valence-corrected chi connectivity index (χ0v) is 15.6. The Morgan fingerprint density at radius 2 is 1.84 bits per heavy atom. The van der Waals surface area contributed by atoms with Gasteiger partial charge in [-0.1, -0.05) is 30.3 Å². The lowest BCUT2D eigenvalue weighted by atomic mass is 10.2. The fourth-order valence-electron chi connectivity index (χ4n) is 2.44. The van der Waals surface area contributed by atoms with Gasteiger partial charge in [0.25, 0.3) is 5.91 Å². The Balaban J connectivity index is 1.56. The quantitative estimate of drug-likeness (QED) is 0.614. The molecule has 0 aliphatic rings. The molecule has 0 saturated carbocycles. The van der Waals surface area contributed by atoms with Crippen molar-refractivity contribution >= 4 is 42.6 Å². The fraction of sp³-hybridized carbons (Fsp3) is 0.167. The number of furan rings is 1. The number of nitrogens with one attached hydrogen (secondary N) is 1. The molecule has 130 valence electrons. The molecular weight excluding hydrogens is 406 g/mol. The molecule has 0 aliphatic carbocycles.